The fourth-order valence-electron chi connectivity index (χ4n) is 0.866. The van der Waals surface area contributed by atoms with Crippen LogP contribution in [0.15, 0.2) is 0 Å². The van der Waals surface area contributed by atoms with E-state index in [1.54, 1.807) is 6.92 Å². The minimum Gasteiger partial charge on any atom is -0.353 e. The van der Waals surface area contributed by atoms with Gasteiger partial charge in [0, 0.05) is 11.3 Å². The molecule has 0 fully saturated rings. The van der Waals surface area contributed by atoms with Crippen molar-refractivity contribution >= 4 is 0 Å². The molecule has 0 rings (SSSR count). The normalized spacial score (nSPS) is 13.2. The summed E-state index contributed by atoms with van der Waals surface area (Å²) in [4.78, 5) is 9.59. The zero-order chi connectivity index (χ0) is 10.3. The molecule has 0 bridgehead atoms. The maximum atomic E-state index is 9.94. The van der Waals surface area contributed by atoms with Crippen LogP contribution in [0.2, 0.25) is 0 Å². The van der Waals surface area contributed by atoms with E-state index in [1.165, 1.54) is 0 Å². The number of ether oxygens (including phenoxy) is 2. The molecule has 0 saturated carbocycles. The van der Waals surface area contributed by atoms with Gasteiger partial charge in [0.2, 0.25) is 6.54 Å². The molecular weight excluding hydrogens is 174 g/mol. The number of rotatable bonds is 7. The summed E-state index contributed by atoms with van der Waals surface area (Å²) in [5, 5.41) is 9.94. The maximum absolute atomic E-state index is 9.94. The van der Waals surface area contributed by atoms with E-state index < -0.39 is 0 Å². The molecule has 5 nitrogen and oxygen atoms in total. The van der Waals surface area contributed by atoms with E-state index in [0.717, 1.165) is 0 Å². The van der Waals surface area contributed by atoms with Crippen LogP contribution in [0.5, 0.6) is 0 Å². The van der Waals surface area contributed by atoms with Crippen molar-refractivity contribution in [2.24, 2.45) is 0 Å². The molecule has 13 heavy (non-hydrogen) atoms. The summed E-state index contributed by atoms with van der Waals surface area (Å²) in [7, 11) is 0. The van der Waals surface area contributed by atoms with Gasteiger partial charge in [0.25, 0.3) is 0 Å². The zero-order valence-electron chi connectivity index (χ0n) is 8.36. The van der Waals surface area contributed by atoms with Crippen molar-refractivity contribution in [3.63, 3.8) is 0 Å². The Balaban J connectivity index is 3.26. The summed E-state index contributed by atoms with van der Waals surface area (Å²) < 4.78 is 10.4. The lowest BCUT2D eigenvalue weighted by molar-refractivity contribution is -0.481. The average molecular weight is 191 g/mol. The van der Waals surface area contributed by atoms with Crippen molar-refractivity contribution in [3.05, 3.63) is 10.1 Å². The highest BCUT2D eigenvalue weighted by Crippen LogP contribution is 1.99. The maximum Gasteiger partial charge on any atom is 0.206 e. The van der Waals surface area contributed by atoms with Gasteiger partial charge in [-0.05, 0) is 20.8 Å². The Morgan fingerprint density at radius 3 is 2.46 bits per heavy atom. The second-order valence-corrected chi connectivity index (χ2v) is 3.03. The van der Waals surface area contributed by atoms with Gasteiger partial charge in [-0.1, -0.05) is 0 Å². The number of nitrogens with zero attached hydrogens (tertiary/aromatic N) is 1. The smallest absolute Gasteiger partial charge is 0.206 e. The Kier molecular flexibility index (Phi) is 6.44. The molecule has 1 atom stereocenters. The summed E-state index contributed by atoms with van der Waals surface area (Å²) in [6, 6.07) is 0. The monoisotopic (exact) mass is 191 g/mol. The minimum absolute atomic E-state index is 0.0472. The number of hydrogen-bond donors (Lipinski definition) is 0. The fourth-order valence-corrected chi connectivity index (χ4v) is 0.866. The second kappa shape index (κ2) is 6.80. The molecule has 0 aliphatic heterocycles. The van der Waals surface area contributed by atoms with Crippen LogP contribution in [0.4, 0.5) is 0 Å². The molecule has 0 aromatic heterocycles. The highest BCUT2D eigenvalue weighted by molar-refractivity contribution is 4.40. The first-order valence-corrected chi connectivity index (χ1v) is 4.41. The van der Waals surface area contributed by atoms with Crippen molar-refractivity contribution in [1.82, 2.24) is 0 Å². The fraction of sp³-hybridized carbons (Fsp3) is 1.00. The first-order chi connectivity index (χ1) is 6.02. The van der Waals surface area contributed by atoms with Gasteiger partial charge in [-0.15, -0.1) is 0 Å². The standard InChI is InChI=1S/C8H17NO4/c1-7(2)13-8(3)12-6-4-5-9(10)11/h7-8H,4-6H2,1-3H3. The van der Waals surface area contributed by atoms with Crippen LogP contribution >= 0.6 is 0 Å². The van der Waals surface area contributed by atoms with E-state index in [2.05, 4.69) is 0 Å². The van der Waals surface area contributed by atoms with Crippen molar-refractivity contribution in [3.8, 4) is 0 Å². The largest absolute Gasteiger partial charge is 0.353 e. The van der Waals surface area contributed by atoms with Crippen LogP contribution in [0, 0.1) is 10.1 Å². The van der Waals surface area contributed by atoms with Gasteiger partial charge in [-0.25, -0.2) is 0 Å². The average Bonchev–Trinajstić information content (AvgIpc) is 1.96. The molecule has 1 unspecified atom stereocenters. The molecule has 0 aliphatic rings. The highest BCUT2D eigenvalue weighted by Gasteiger charge is 2.05. The van der Waals surface area contributed by atoms with Crippen LogP contribution in [0.25, 0.3) is 0 Å². The van der Waals surface area contributed by atoms with Crippen molar-refractivity contribution < 1.29 is 14.4 Å². The lowest BCUT2D eigenvalue weighted by Crippen LogP contribution is -2.19. The van der Waals surface area contributed by atoms with Crippen LogP contribution in [-0.4, -0.2) is 30.5 Å². The Morgan fingerprint density at radius 1 is 1.38 bits per heavy atom. The van der Waals surface area contributed by atoms with Crippen LogP contribution < -0.4 is 0 Å². The lowest BCUT2D eigenvalue weighted by atomic mass is 10.4. The van der Waals surface area contributed by atoms with Gasteiger partial charge >= 0.3 is 0 Å². The molecule has 0 aromatic carbocycles. The summed E-state index contributed by atoms with van der Waals surface area (Å²) in [5.74, 6) is 0. The van der Waals surface area contributed by atoms with Gasteiger partial charge in [-0.2, -0.15) is 0 Å². The Labute approximate surface area is 78.2 Å². The van der Waals surface area contributed by atoms with E-state index in [9.17, 15) is 10.1 Å². The molecule has 0 aromatic rings. The molecule has 0 spiro atoms. The topological polar surface area (TPSA) is 61.6 Å². The van der Waals surface area contributed by atoms with Crippen molar-refractivity contribution in [2.75, 3.05) is 13.2 Å². The van der Waals surface area contributed by atoms with E-state index in [0.29, 0.717) is 13.0 Å². The SMILES string of the molecule is CC(C)OC(C)OCCC[N+](=O)[O-]. The van der Waals surface area contributed by atoms with Crippen LogP contribution in [0.3, 0.4) is 0 Å². The van der Waals surface area contributed by atoms with Crippen molar-refractivity contribution in [2.45, 2.75) is 39.6 Å². The molecule has 0 saturated heterocycles. The highest BCUT2D eigenvalue weighted by atomic mass is 16.7. The van der Waals surface area contributed by atoms with Gasteiger partial charge < -0.3 is 9.47 Å². The Hall–Kier alpha value is -0.680. The third-order valence-electron chi connectivity index (χ3n) is 1.30. The molecule has 78 valence electrons. The molecule has 0 radical (unpaired) electrons. The summed E-state index contributed by atoms with van der Waals surface area (Å²) in [6.07, 6.45) is 0.260. The van der Waals surface area contributed by atoms with Crippen LogP contribution in [0.1, 0.15) is 27.2 Å². The van der Waals surface area contributed by atoms with E-state index in [-0.39, 0.29) is 23.9 Å². The molecule has 5 heteroatoms. The van der Waals surface area contributed by atoms with E-state index in [4.69, 9.17) is 9.47 Å². The predicted molar refractivity (Wildman–Crippen MR) is 48.1 cm³/mol. The van der Waals surface area contributed by atoms with Gasteiger partial charge in [0.05, 0.1) is 12.7 Å². The molecule has 0 amide bonds. The molecule has 0 heterocycles. The molecule has 0 N–H and O–H groups in total. The molecular formula is C8H17NO4. The van der Waals surface area contributed by atoms with E-state index >= 15 is 0 Å². The van der Waals surface area contributed by atoms with Crippen LogP contribution in [-0.2, 0) is 9.47 Å². The Bertz CT molecular complexity index is 149. The second-order valence-electron chi connectivity index (χ2n) is 3.03. The minimum atomic E-state index is -0.350. The lowest BCUT2D eigenvalue weighted by Gasteiger charge is -2.15. The first kappa shape index (κ1) is 12.3. The third-order valence-corrected chi connectivity index (χ3v) is 1.30. The number of nitro groups is 1. The molecule has 0 aliphatic carbocycles. The summed E-state index contributed by atoms with van der Waals surface area (Å²) in [5.41, 5.74) is 0. The quantitative estimate of drug-likeness (QED) is 0.264. The summed E-state index contributed by atoms with van der Waals surface area (Å²) >= 11 is 0. The van der Waals surface area contributed by atoms with Crippen molar-refractivity contribution in [1.29, 1.82) is 0 Å². The third kappa shape index (κ3) is 9.23. The van der Waals surface area contributed by atoms with Gasteiger partial charge in [0.15, 0.2) is 6.29 Å². The number of hydrogen-bond acceptors (Lipinski definition) is 4. The Morgan fingerprint density at radius 2 is 2.00 bits per heavy atom. The summed E-state index contributed by atoms with van der Waals surface area (Å²) in [6.45, 7) is 5.93. The van der Waals surface area contributed by atoms with Gasteiger partial charge in [0.1, 0.15) is 0 Å². The predicted octanol–water partition coefficient (Wildman–Crippen LogP) is 1.44. The van der Waals surface area contributed by atoms with Gasteiger partial charge in [-0.3, -0.25) is 10.1 Å². The van der Waals surface area contributed by atoms with E-state index in [1.807, 2.05) is 13.8 Å². The first-order valence-electron chi connectivity index (χ1n) is 4.41. The zero-order valence-corrected chi connectivity index (χ0v) is 8.36.